The Labute approximate surface area is 176 Å². The van der Waals surface area contributed by atoms with Gasteiger partial charge in [-0.1, -0.05) is 6.92 Å². The number of nitrogens with zero attached hydrogens (tertiary/aromatic N) is 4. The SMILES string of the molecule is CC1(CNc2ncc3c(-c4ccc5ncc(C(=O)NCC(F)F)n5c4)c[nH]c3n2)CC1. The normalized spacial score (nSPS) is 15.0. The van der Waals surface area contributed by atoms with Crippen LogP contribution in [-0.4, -0.2) is 49.8 Å². The van der Waals surface area contributed by atoms with Gasteiger partial charge in [-0.15, -0.1) is 0 Å². The molecule has 10 heteroatoms. The van der Waals surface area contributed by atoms with Crippen LogP contribution in [0.2, 0.25) is 0 Å². The average Bonchev–Trinajstić information content (AvgIpc) is 3.17. The van der Waals surface area contributed by atoms with Crippen molar-refractivity contribution >= 4 is 28.5 Å². The maximum Gasteiger partial charge on any atom is 0.270 e. The van der Waals surface area contributed by atoms with Gasteiger partial charge in [0.1, 0.15) is 17.0 Å². The van der Waals surface area contributed by atoms with E-state index in [1.165, 1.54) is 19.0 Å². The number of carbonyl (C=O) groups excluding carboxylic acids is 1. The molecule has 1 fully saturated rings. The number of anilines is 1. The Morgan fingerprint density at radius 2 is 2.13 bits per heavy atom. The zero-order chi connectivity index (χ0) is 21.6. The van der Waals surface area contributed by atoms with E-state index in [9.17, 15) is 13.6 Å². The summed E-state index contributed by atoms with van der Waals surface area (Å²) in [6.07, 6.45) is 6.54. The lowest BCUT2D eigenvalue weighted by Crippen LogP contribution is -2.29. The van der Waals surface area contributed by atoms with E-state index in [0.29, 0.717) is 22.7 Å². The molecule has 0 aromatic carbocycles. The smallest absolute Gasteiger partial charge is 0.270 e. The molecule has 1 aliphatic carbocycles. The molecule has 1 aliphatic rings. The second-order valence-electron chi connectivity index (χ2n) is 8.21. The van der Waals surface area contributed by atoms with Gasteiger partial charge in [0.2, 0.25) is 5.95 Å². The number of H-pyrrole nitrogens is 1. The molecule has 0 saturated heterocycles. The summed E-state index contributed by atoms with van der Waals surface area (Å²) in [5, 5.41) is 6.35. The molecule has 0 aliphatic heterocycles. The lowest BCUT2D eigenvalue weighted by Gasteiger charge is -2.09. The van der Waals surface area contributed by atoms with Gasteiger partial charge in [-0.25, -0.2) is 18.7 Å². The molecule has 31 heavy (non-hydrogen) atoms. The van der Waals surface area contributed by atoms with Gasteiger partial charge in [0.05, 0.1) is 12.7 Å². The van der Waals surface area contributed by atoms with Gasteiger partial charge in [0, 0.05) is 41.6 Å². The second-order valence-corrected chi connectivity index (χ2v) is 8.21. The Kier molecular flexibility index (Phi) is 4.57. The molecule has 4 aromatic rings. The van der Waals surface area contributed by atoms with Crippen LogP contribution in [0.25, 0.3) is 27.8 Å². The van der Waals surface area contributed by atoms with E-state index < -0.39 is 18.9 Å². The zero-order valence-electron chi connectivity index (χ0n) is 16.8. The summed E-state index contributed by atoms with van der Waals surface area (Å²) in [5.41, 5.74) is 3.46. The summed E-state index contributed by atoms with van der Waals surface area (Å²) in [6, 6.07) is 3.65. The van der Waals surface area contributed by atoms with Crippen molar-refractivity contribution in [2.24, 2.45) is 5.41 Å². The lowest BCUT2D eigenvalue weighted by molar-refractivity contribution is 0.0886. The highest BCUT2D eigenvalue weighted by Crippen LogP contribution is 2.44. The van der Waals surface area contributed by atoms with Crippen molar-refractivity contribution in [1.82, 2.24) is 29.7 Å². The van der Waals surface area contributed by atoms with Crippen LogP contribution in [0.4, 0.5) is 14.7 Å². The first kappa shape index (κ1) is 19.4. The molecule has 0 radical (unpaired) electrons. The monoisotopic (exact) mass is 425 g/mol. The molecule has 4 heterocycles. The quantitative estimate of drug-likeness (QED) is 0.421. The van der Waals surface area contributed by atoms with Gasteiger partial charge >= 0.3 is 0 Å². The number of carbonyl (C=O) groups is 1. The summed E-state index contributed by atoms with van der Waals surface area (Å²) in [4.78, 5) is 28.6. The molecule has 4 aromatic heterocycles. The fourth-order valence-electron chi connectivity index (χ4n) is 3.48. The number of fused-ring (bicyclic) bond motifs is 2. The minimum Gasteiger partial charge on any atom is -0.354 e. The third-order valence-corrected chi connectivity index (χ3v) is 5.68. The summed E-state index contributed by atoms with van der Waals surface area (Å²) in [6.45, 7) is 2.38. The number of pyridine rings is 1. The molecule has 5 rings (SSSR count). The summed E-state index contributed by atoms with van der Waals surface area (Å²) in [5.74, 6) is -0.0237. The number of aromatic nitrogens is 5. The largest absolute Gasteiger partial charge is 0.354 e. The van der Waals surface area contributed by atoms with Gasteiger partial charge in [-0.2, -0.15) is 4.98 Å². The van der Waals surface area contributed by atoms with Crippen LogP contribution in [0.3, 0.4) is 0 Å². The van der Waals surface area contributed by atoms with Crippen molar-refractivity contribution in [1.29, 1.82) is 0 Å². The van der Waals surface area contributed by atoms with Crippen LogP contribution in [0.1, 0.15) is 30.3 Å². The number of imidazole rings is 1. The minimum absolute atomic E-state index is 0.189. The highest BCUT2D eigenvalue weighted by atomic mass is 19.3. The third kappa shape index (κ3) is 3.80. The van der Waals surface area contributed by atoms with Crippen molar-refractivity contribution in [2.75, 3.05) is 18.4 Å². The Morgan fingerprint density at radius 1 is 1.29 bits per heavy atom. The van der Waals surface area contributed by atoms with Crippen LogP contribution in [-0.2, 0) is 0 Å². The molecule has 160 valence electrons. The first-order valence-corrected chi connectivity index (χ1v) is 10.0. The third-order valence-electron chi connectivity index (χ3n) is 5.68. The number of nitrogens with one attached hydrogen (secondary N) is 3. The highest BCUT2D eigenvalue weighted by Gasteiger charge is 2.37. The Balaban J connectivity index is 1.44. The summed E-state index contributed by atoms with van der Waals surface area (Å²) < 4.78 is 26.4. The number of rotatable bonds is 7. The molecule has 0 spiro atoms. The molecule has 0 unspecified atom stereocenters. The molecule has 1 saturated carbocycles. The molecule has 3 N–H and O–H groups in total. The Hall–Kier alpha value is -3.56. The number of halogens is 2. The van der Waals surface area contributed by atoms with Gasteiger partial charge in [0.15, 0.2) is 0 Å². The maximum absolute atomic E-state index is 12.4. The molecule has 0 atom stereocenters. The van der Waals surface area contributed by atoms with Gasteiger partial charge < -0.3 is 15.6 Å². The number of amides is 1. The van der Waals surface area contributed by atoms with Gasteiger partial charge in [0.25, 0.3) is 12.3 Å². The van der Waals surface area contributed by atoms with E-state index in [2.05, 4.69) is 37.5 Å². The van der Waals surface area contributed by atoms with Crippen LogP contribution in [0.15, 0.2) is 36.9 Å². The van der Waals surface area contributed by atoms with E-state index in [4.69, 9.17) is 0 Å². The number of aromatic amines is 1. The average molecular weight is 425 g/mol. The molecular weight excluding hydrogens is 404 g/mol. The molecule has 1 amide bonds. The molecular formula is C21H21F2N7O. The molecule has 8 nitrogen and oxygen atoms in total. The van der Waals surface area contributed by atoms with E-state index in [0.717, 1.165) is 23.1 Å². The van der Waals surface area contributed by atoms with Gasteiger partial charge in [-0.3, -0.25) is 9.20 Å². The van der Waals surface area contributed by atoms with Crippen LogP contribution >= 0.6 is 0 Å². The van der Waals surface area contributed by atoms with Crippen molar-refractivity contribution < 1.29 is 13.6 Å². The summed E-state index contributed by atoms with van der Waals surface area (Å²) >= 11 is 0. The predicted molar refractivity (Wildman–Crippen MR) is 112 cm³/mol. The second kappa shape index (κ2) is 7.29. The van der Waals surface area contributed by atoms with E-state index in [-0.39, 0.29) is 5.69 Å². The predicted octanol–water partition coefficient (Wildman–Crippen LogP) is 3.48. The first-order chi connectivity index (χ1) is 14.9. The fourth-order valence-corrected chi connectivity index (χ4v) is 3.48. The first-order valence-electron chi connectivity index (χ1n) is 10.0. The summed E-state index contributed by atoms with van der Waals surface area (Å²) in [7, 11) is 0. The van der Waals surface area contributed by atoms with E-state index in [1.54, 1.807) is 22.9 Å². The van der Waals surface area contributed by atoms with Crippen LogP contribution in [0.5, 0.6) is 0 Å². The number of hydrogen-bond acceptors (Lipinski definition) is 5. The zero-order valence-corrected chi connectivity index (χ0v) is 16.8. The Bertz CT molecular complexity index is 1280. The van der Waals surface area contributed by atoms with Crippen molar-refractivity contribution in [3.63, 3.8) is 0 Å². The Morgan fingerprint density at radius 3 is 2.90 bits per heavy atom. The lowest BCUT2D eigenvalue weighted by atomic mass is 10.1. The highest BCUT2D eigenvalue weighted by molar-refractivity contribution is 5.95. The minimum atomic E-state index is -2.61. The van der Waals surface area contributed by atoms with Crippen molar-refractivity contribution in [2.45, 2.75) is 26.2 Å². The van der Waals surface area contributed by atoms with Crippen molar-refractivity contribution in [3.8, 4) is 11.1 Å². The maximum atomic E-state index is 12.4. The van der Waals surface area contributed by atoms with Crippen LogP contribution < -0.4 is 10.6 Å². The van der Waals surface area contributed by atoms with E-state index in [1.807, 2.05) is 12.3 Å². The molecule has 0 bridgehead atoms. The topological polar surface area (TPSA) is 100 Å². The number of hydrogen-bond donors (Lipinski definition) is 3. The van der Waals surface area contributed by atoms with Crippen LogP contribution in [0, 0.1) is 5.41 Å². The fraction of sp³-hybridized carbons (Fsp3) is 0.333. The van der Waals surface area contributed by atoms with E-state index >= 15 is 0 Å². The standard InChI is InChI=1S/C21H21F2N7O/c1-21(4-5-21)11-28-20-27-7-14-13(6-25-18(14)29-20)12-2-3-17-24-8-15(30(17)10-12)19(31)26-9-16(22)23/h2-3,6-8,10,16H,4-5,9,11H2,1H3,(H,26,31)(H2,25,27,28,29). The number of alkyl halides is 2. The van der Waals surface area contributed by atoms with Gasteiger partial charge in [-0.05, 0) is 30.4 Å². The van der Waals surface area contributed by atoms with Crippen molar-refractivity contribution in [3.05, 3.63) is 42.6 Å².